The number of carbonyl (C=O) groups is 1. The molecule has 3 heteroatoms. The van der Waals surface area contributed by atoms with E-state index in [1.54, 1.807) is 0 Å². The Balaban J connectivity index is 1.86. The average Bonchev–Trinajstić information content (AvgIpc) is 3.15. The first kappa shape index (κ1) is 11.4. The smallest absolute Gasteiger partial charge is 0.237 e. The van der Waals surface area contributed by atoms with Crippen LogP contribution in [-0.4, -0.2) is 11.9 Å². The van der Waals surface area contributed by atoms with Gasteiger partial charge in [-0.3, -0.25) is 4.79 Å². The highest BCUT2D eigenvalue weighted by Crippen LogP contribution is 2.44. The normalized spacial score (nSPS) is 21.6. The third-order valence-electron chi connectivity index (χ3n) is 3.62. The molecule has 1 amide bonds. The van der Waals surface area contributed by atoms with Crippen molar-refractivity contribution in [2.75, 3.05) is 0 Å². The third kappa shape index (κ3) is 2.75. The van der Waals surface area contributed by atoms with E-state index >= 15 is 0 Å². The molecule has 2 aliphatic rings. The molecule has 0 aromatic carbocycles. The highest BCUT2D eigenvalue weighted by atomic mass is 16.1. The summed E-state index contributed by atoms with van der Waals surface area (Å²) in [4.78, 5) is 11.9. The van der Waals surface area contributed by atoms with Gasteiger partial charge in [-0.1, -0.05) is 13.3 Å². The molecule has 2 saturated carbocycles. The zero-order valence-corrected chi connectivity index (χ0v) is 9.91. The molecule has 2 rings (SSSR count). The summed E-state index contributed by atoms with van der Waals surface area (Å²) in [6.07, 6.45) is 6.60. The van der Waals surface area contributed by atoms with Gasteiger partial charge in [0.25, 0.3) is 0 Å². The maximum absolute atomic E-state index is 11.9. The van der Waals surface area contributed by atoms with Crippen LogP contribution in [0.4, 0.5) is 0 Å². The predicted octanol–water partition coefficient (Wildman–Crippen LogP) is 2.23. The Hall–Kier alpha value is -1.04. The van der Waals surface area contributed by atoms with Gasteiger partial charge in [0, 0.05) is 6.04 Å². The lowest BCUT2D eigenvalue weighted by atomic mass is 10.0. The largest absolute Gasteiger partial charge is 0.352 e. The van der Waals surface area contributed by atoms with Gasteiger partial charge in [-0.25, -0.2) is 0 Å². The molecule has 16 heavy (non-hydrogen) atoms. The molecule has 0 aliphatic heterocycles. The summed E-state index contributed by atoms with van der Waals surface area (Å²) in [5.41, 5.74) is 0. The van der Waals surface area contributed by atoms with Crippen LogP contribution in [-0.2, 0) is 4.79 Å². The van der Waals surface area contributed by atoms with E-state index in [2.05, 4.69) is 11.4 Å². The molecule has 0 aromatic heterocycles. The van der Waals surface area contributed by atoms with E-state index < -0.39 is 5.92 Å². The highest BCUT2D eigenvalue weighted by Gasteiger charge is 2.42. The molecule has 0 bridgehead atoms. The summed E-state index contributed by atoms with van der Waals surface area (Å²) in [5.74, 6) is 0.938. The molecule has 0 aromatic rings. The molecular formula is C13H20N2O. The van der Waals surface area contributed by atoms with Crippen LogP contribution in [0, 0.1) is 29.1 Å². The molecular weight excluding hydrogens is 200 g/mol. The van der Waals surface area contributed by atoms with Crippen molar-refractivity contribution in [3.63, 3.8) is 0 Å². The Labute approximate surface area is 97.2 Å². The van der Waals surface area contributed by atoms with Gasteiger partial charge in [-0.15, -0.1) is 0 Å². The van der Waals surface area contributed by atoms with Crippen LogP contribution in [0.25, 0.3) is 0 Å². The van der Waals surface area contributed by atoms with Crippen molar-refractivity contribution in [2.45, 2.75) is 51.5 Å². The van der Waals surface area contributed by atoms with Crippen LogP contribution in [0.3, 0.4) is 0 Å². The molecule has 0 radical (unpaired) electrons. The van der Waals surface area contributed by atoms with Crippen LogP contribution in [0.1, 0.15) is 45.4 Å². The van der Waals surface area contributed by atoms with Crippen LogP contribution in [0.15, 0.2) is 0 Å². The van der Waals surface area contributed by atoms with Crippen LogP contribution < -0.4 is 5.32 Å². The van der Waals surface area contributed by atoms with Gasteiger partial charge in [0.1, 0.15) is 5.92 Å². The fourth-order valence-corrected chi connectivity index (χ4v) is 2.34. The molecule has 1 unspecified atom stereocenters. The van der Waals surface area contributed by atoms with E-state index in [-0.39, 0.29) is 5.91 Å². The maximum atomic E-state index is 11.9. The molecule has 0 saturated heterocycles. The van der Waals surface area contributed by atoms with Crippen molar-refractivity contribution < 1.29 is 4.79 Å². The third-order valence-corrected chi connectivity index (χ3v) is 3.62. The highest BCUT2D eigenvalue weighted by molar-refractivity contribution is 5.81. The van der Waals surface area contributed by atoms with Gasteiger partial charge in [0.15, 0.2) is 0 Å². The van der Waals surface area contributed by atoms with E-state index in [9.17, 15) is 4.79 Å². The fourth-order valence-electron chi connectivity index (χ4n) is 2.34. The van der Waals surface area contributed by atoms with E-state index in [0.29, 0.717) is 24.3 Å². The van der Waals surface area contributed by atoms with Crippen LogP contribution in [0.2, 0.25) is 0 Å². The molecule has 1 N–H and O–H groups in total. The van der Waals surface area contributed by atoms with Gasteiger partial charge < -0.3 is 5.32 Å². The Kier molecular flexibility index (Phi) is 3.48. The average molecular weight is 220 g/mol. The van der Waals surface area contributed by atoms with Crippen LogP contribution >= 0.6 is 0 Å². The number of hydrogen-bond acceptors (Lipinski definition) is 2. The minimum atomic E-state index is -0.440. The van der Waals surface area contributed by atoms with Gasteiger partial charge in [0.2, 0.25) is 5.91 Å². The van der Waals surface area contributed by atoms with E-state index in [1.165, 1.54) is 25.7 Å². The number of rotatable bonds is 6. The lowest BCUT2D eigenvalue weighted by Crippen LogP contribution is -2.41. The Morgan fingerprint density at radius 3 is 2.31 bits per heavy atom. The first-order chi connectivity index (χ1) is 7.76. The molecule has 2 fully saturated rings. The minimum Gasteiger partial charge on any atom is -0.352 e. The number of nitrogens with one attached hydrogen (secondary N) is 1. The number of carbonyl (C=O) groups excluding carboxylic acids is 1. The topological polar surface area (TPSA) is 52.9 Å². The SMILES string of the molecule is CCCC(C#N)C(=O)NC(C1CC1)C1CC1. The zero-order valence-electron chi connectivity index (χ0n) is 9.91. The standard InChI is InChI=1S/C13H20N2O/c1-2-3-11(8-14)13(16)15-12(9-4-5-9)10-6-7-10/h9-12H,2-7H2,1H3,(H,15,16). The second-order valence-electron chi connectivity index (χ2n) is 5.18. The first-order valence-corrected chi connectivity index (χ1v) is 6.46. The number of nitrogens with zero attached hydrogens (tertiary/aromatic N) is 1. The summed E-state index contributed by atoms with van der Waals surface area (Å²) in [6, 6.07) is 2.49. The Morgan fingerprint density at radius 1 is 1.38 bits per heavy atom. The predicted molar refractivity (Wildman–Crippen MR) is 61.4 cm³/mol. The van der Waals surface area contributed by atoms with Gasteiger partial charge >= 0.3 is 0 Å². The molecule has 0 heterocycles. The van der Waals surface area contributed by atoms with E-state index in [4.69, 9.17) is 5.26 Å². The van der Waals surface area contributed by atoms with Crippen molar-refractivity contribution in [3.05, 3.63) is 0 Å². The molecule has 0 spiro atoms. The maximum Gasteiger partial charge on any atom is 0.237 e. The number of hydrogen-bond donors (Lipinski definition) is 1. The zero-order chi connectivity index (χ0) is 11.5. The first-order valence-electron chi connectivity index (χ1n) is 6.46. The lowest BCUT2D eigenvalue weighted by molar-refractivity contribution is -0.124. The van der Waals surface area contributed by atoms with Crippen molar-refractivity contribution in [1.82, 2.24) is 5.32 Å². The van der Waals surface area contributed by atoms with E-state index in [0.717, 1.165) is 6.42 Å². The van der Waals surface area contributed by atoms with Crippen molar-refractivity contribution in [1.29, 1.82) is 5.26 Å². The van der Waals surface area contributed by atoms with Crippen LogP contribution in [0.5, 0.6) is 0 Å². The van der Waals surface area contributed by atoms with Crippen molar-refractivity contribution in [3.8, 4) is 6.07 Å². The molecule has 3 nitrogen and oxygen atoms in total. The summed E-state index contributed by atoms with van der Waals surface area (Å²) in [7, 11) is 0. The van der Waals surface area contributed by atoms with Gasteiger partial charge in [-0.2, -0.15) is 5.26 Å². The van der Waals surface area contributed by atoms with Gasteiger partial charge in [0.05, 0.1) is 6.07 Å². The van der Waals surface area contributed by atoms with E-state index in [1.807, 2.05) is 6.92 Å². The summed E-state index contributed by atoms with van der Waals surface area (Å²) in [6.45, 7) is 2.01. The lowest BCUT2D eigenvalue weighted by Gasteiger charge is -2.19. The monoisotopic (exact) mass is 220 g/mol. The summed E-state index contributed by atoms with van der Waals surface area (Å²) < 4.78 is 0. The summed E-state index contributed by atoms with van der Waals surface area (Å²) >= 11 is 0. The fraction of sp³-hybridized carbons (Fsp3) is 0.846. The molecule has 1 atom stereocenters. The van der Waals surface area contributed by atoms with Gasteiger partial charge in [-0.05, 0) is 43.9 Å². The summed E-state index contributed by atoms with van der Waals surface area (Å²) in [5, 5.41) is 12.1. The molecule has 88 valence electrons. The Morgan fingerprint density at radius 2 is 1.94 bits per heavy atom. The van der Waals surface area contributed by atoms with Crippen molar-refractivity contribution >= 4 is 5.91 Å². The second kappa shape index (κ2) is 4.86. The quantitative estimate of drug-likeness (QED) is 0.746. The molecule has 2 aliphatic carbocycles. The number of nitriles is 1. The van der Waals surface area contributed by atoms with Crippen molar-refractivity contribution in [2.24, 2.45) is 17.8 Å². The number of amides is 1. The Bertz CT molecular complexity index is 288. The second-order valence-corrected chi connectivity index (χ2v) is 5.18. The minimum absolute atomic E-state index is 0.0341.